The summed E-state index contributed by atoms with van der Waals surface area (Å²) in [6.45, 7) is 1.24. The fourth-order valence-corrected chi connectivity index (χ4v) is 2.59. The quantitative estimate of drug-likeness (QED) is 0.814. The second kappa shape index (κ2) is 7.11. The Kier molecular flexibility index (Phi) is 5.45. The molecule has 0 amide bonds. The summed E-state index contributed by atoms with van der Waals surface area (Å²) in [7, 11) is 1.95. The average Bonchev–Trinajstić information content (AvgIpc) is 2.42. The van der Waals surface area contributed by atoms with Crippen LogP contribution >= 0.6 is 28.1 Å². The molecule has 0 spiro atoms. The Hall–Kier alpha value is -1.30. The van der Waals surface area contributed by atoms with E-state index in [0.717, 1.165) is 15.6 Å². The summed E-state index contributed by atoms with van der Waals surface area (Å²) in [4.78, 5) is 2.43. The summed E-state index contributed by atoms with van der Waals surface area (Å²) in [5, 5.41) is 0. The molecule has 0 saturated carbocycles. The van der Waals surface area contributed by atoms with Gasteiger partial charge in [-0.2, -0.15) is 0 Å². The van der Waals surface area contributed by atoms with Crippen molar-refractivity contribution in [3.8, 4) is 0 Å². The minimum Gasteiger partial charge on any atom is -0.389 e. The largest absolute Gasteiger partial charge is 0.389 e. The summed E-state index contributed by atoms with van der Waals surface area (Å²) in [5.41, 5.74) is 8.26. The monoisotopic (exact) mass is 366 g/mol. The van der Waals surface area contributed by atoms with Crippen molar-refractivity contribution in [3.63, 3.8) is 0 Å². The zero-order valence-corrected chi connectivity index (χ0v) is 14.0. The molecule has 0 bridgehead atoms. The number of nitrogens with zero attached hydrogens (tertiary/aromatic N) is 1. The normalized spacial score (nSPS) is 10.9. The molecule has 0 atom stereocenters. The predicted molar refractivity (Wildman–Crippen MR) is 91.6 cm³/mol. The lowest BCUT2D eigenvalue weighted by molar-refractivity contribution is 0.313. The molecule has 5 heteroatoms. The molecule has 2 aromatic carbocycles. The van der Waals surface area contributed by atoms with Gasteiger partial charge in [-0.25, -0.2) is 4.39 Å². The van der Waals surface area contributed by atoms with Crippen LogP contribution in [0.25, 0.3) is 0 Å². The van der Waals surface area contributed by atoms with Gasteiger partial charge in [0.1, 0.15) is 10.8 Å². The highest BCUT2D eigenvalue weighted by Crippen LogP contribution is 2.17. The molecule has 0 radical (unpaired) electrons. The smallest absolute Gasteiger partial charge is 0.128 e. The summed E-state index contributed by atoms with van der Waals surface area (Å²) in [6.07, 6.45) is 0. The van der Waals surface area contributed by atoms with Crippen LogP contribution in [0, 0.1) is 5.82 Å². The lowest BCUT2D eigenvalue weighted by atomic mass is 10.1. The highest BCUT2D eigenvalue weighted by molar-refractivity contribution is 9.10. The molecule has 0 aromatic heterocycles. The van der Waals surface area contributed by atoms with Crippen LogP contribution in [0.5, 0.6) is 0 Å². The second-order valence-electron chi connectivity index (χ2n) is 4.97. The van der Waals surface area contributed by atoms with Crippen LogP contribution in [0.4, 0.5) is 4.39 Å². The van der Waals surface area contributed by atoms with Crippen LogP contribution in [-0.4, -0.2) is 16.9 Å². The zero-order valence-electron chi connectivity index (χ0n) is 11.6. The van der Waals surface area contributed by atoms with E-state index in [2.05, 4.69) is 15.9 Å². The van der Waals surface area contributed by atoms with Gasteiger partial charge >= 0.3 is 0 Å². The van der Waals surface area contributed by atoms with E-state index in [-0.39, 0.29) is 5.82 Å². The molecule has 2 nitrogen and oxygen atoms in total. The van der Waals surface area contributed by atoms with Gasteiger partial charge in [0, 0.05) is 28.7 Å². The number of nitrogens with two attached hydrogens (primary N) is 1. The van der Waals surface area contributed by atoms with Crippen LogP contribution in [0.15, 0.2) is 46.9 Å². The minimum absolute atomic E-state index is 0.201. The van der Waals surface area contributed by atoms with Crippen LogP contribution < -0.4 is 5.73 Å². The summed E-state index contributed by atoms with van der Waals surface area (Å²) in [6, 6.07) is 12.9. The number of halogens is 2. The van der Waals surface area contributed by atoms with E-state index in [1.807, 2.05) is 42.3 Å². The Morgan fingerprint density at radius 3 is 2.67 bits per heavy atom. The number of rotatable bonds is 5. The number of benzene rings is 2. The van der Waals surface area contributed by atoms with Gasteiger partial charge in [0.05, 0.1) is 0 Å². The zero-order chi connectivity index (χ0) is 15.4. The van der Waals surface area contributed by atoms with E-state index >= 15 is 0 Å². The third-order valence-corrected chi connectivity index (χ3v) is 3.85. The van der Waals surface area contributed by atoms with Crippen molar-refractivity contribution in [3.05, 3.63) is 69.4 Å². The molecule has 0 aliphatic heterocycles. The molecule has 0 unspecified atom stereocenters. The first kappa shape index (κ1) is 16.1. The van der Waals surface area contributed by atoms with Gasteiger partial charge in [-0.05, 0) is 30.8 Å². The summed E-state index contributed by atoms with van der Waals surface area (Å²) in [5.74, 6) is -0.201. The van der Waals surface area contributed by atoms with Crippen molar-refractivity contribution < 1.29 is 4.39 Å². The standard InChI is InChI=1S/C16H16BrFN2S/c1-20(10-13-5-6-14(17)8-15(13)18)9-11-3-2-4-12(7-11)16(19)21/h2-8H,9-10H2,1H3,(H2,19,21). The Morgan fingerprint density at radius 1 is 1.24 bits per heavy atom. The second-order valence-corrected chi connectivity index (χ2v) is 6.33. The van der Waals surface area contributed by atoms with E-state index in [4.69, 9.17) is 18.0 Å². The lowest BCUT2D eigenvalue weighted by Gasteiger charge is -2.17. The highest BCUT2D eigenvalue weighted by Gasteiger charge is 2.07. The maximum Gasteiger partial charge on any atom is 0.128 e. The van der Waals surface area contributed by atoms with Gasteiger partial charge in [0.25, 0.3) is 0 Å². The molecule has 0 aliphatic rings. The van der Waals surface area contributed by atoms with Crippen molar-refractivity contribution in [2.24, 2.45) is 5.73 Å². The Morgan fingerprint density at radius 2 is 2.00 bits per heavy atom. The van der Waals surface area contributed by atoms with Gasteiger partial charge in [-0.3, -0.25) is 4.90 Å². The van der Waals surface area contributed by atoms with Crippen LogP contribution in [0.1, 0.15) is 16.7 Å². The molecule has 2 N–H and O–H groups in total. The fraction of sp³-hybridized carbons (Fsp3) is 0.188. The van der Waals surface area contributed by atoms with E-state index in [9.17, 15) is 4.39 Å². The fourth-order valence-electron chi connectivity index (χ4n) is 2.13. The van der Waals surface area contributed by atoms with Crippen LogP contribution in [0.3, 0.4) is 0 Å². The molecular weight excluding hydrogens is 351 g/mol. The first-order chi connectivity index (χ1) is 9.95. The maximum absolute atomic E-state index is 13.8. The molecular formula is C16H16BrFN2S. The molecule has 0 fully saturated rings. The number of thiocarbonyl (C=S) groups is 1. The van der Waals surface area contributed by atoms with E-state index in [1.54, 1.807) is 6.07 Å². The first-order valence-electron chi connectivity index (χ1n) is 6.47. The van der Waals surface area contributed by atoms with Crippen molar-refractivity contribution in [1.82, 2.24) is 4.90 Å². The van der Waals surface area contributed by atoms with Crippen LogP contribution in [-0.2, 0) is 13.1 Å². The maximum atomic E-state index is 13.8. The van der Waals surface area contributed by atoms with E-state index in [0.29, 0.717) is 23.6 Å². The molecule has 21 heavy (non-hydrogen) atoms. The molecule has 0 saturated heterocycles. The van der Waals surface area contributed by atoms with Crippen LogP contribution in [0.2, 0.25) is 0 Å². The van der Waals surface area contributed by atoms with Crippen molar-refractivity contribution in [1.29, 1.82) is 0 Å². The molecule has 2 rings (SSSR count). The summed E-state index contributed by atoms with van der Waals surface area (Å²) >= 11 is 8.24. The summed E-state index contributed by atoms with van der Waals surface area (Å²) < 4.78 is 14.6. The predicted octanol–water partition coefficient (Wildman–Crippen LogP) is 3.85. The third kappa shape index (κ3) is 4.59. The average molecular weight is 367 g/mol. The van der Waals surface area contributed by atoms with E-state index < -0.39 is 0 Å². The van der Waals surface area contributed by atoms with Crippen molar-refractivity contribution in [2.45, 2.75) is 13.1 Å². The van der Waals surface area contributed by atoms with Gasteiger partial charge in [0.15, 0.2) is 0 Å². The SMILES string of the molecule is CN(Cc1cccc(C(N)=S)c1)Cc1ccc(Br)cc1F. The van der Waals surface area contributed by atoms with Gasteiger partial charge in [-0.1, -0.05) is 52.4 Å². The highest BCUT2D eigenvalue weighted by atomic mass is 79.9. The Balaban J connectivity index is 2.06. The molecule has 2 aromatic rings. The Labute approximate surface area is 137 Å². The van der Waals surface area contributed by atoms with Crippen molar-refractivity contribution in [2.75, 3.05) is 7.05 Å². The van der Waals surface area contributed by atoms with E-state index in [1.165, 1.54) is 6.07 Å². The first-order valence-corrected chi connectivity index (χ1v) is 7.67. The molecule has 0 aliphatic carbocycles. The minimum atomic E-state index is -0.201. The van der Waals surface area contributed by atoms with Gasteiger partial charge in [0.2, 0.25) is 0 Å². The Bertz CT molecular complexity index is 660. The topological polar surface area (TPSA) is 29.3 Å². The van der Waals surface area contributed by atoms with Crippen molar-refractivity contribution >= 4 is 33.1 Å². The lowest BCUT2D eigenvalue weighted by Crippen LogP contribution is -2.18. The molecule has 0 heterocycles. The number of hydrogen-bond donors (Lipinski definition) is 1. The van der Waals surface area contributed by atoms with Gasteiger partial charge in [-0.15, -0.1) is 0 Å². The van der Waals surface area contributed by atoms with Gasteiger partial charge < -0.3 is 5.73 Å². The molecule has 110 valence electrons. The number of hydrogen-bond acceptors (Lipinski definition) is 2. The third-order valence-electron chi connectivity index (χ3n) is 3.12.